The standard InChI is InChI=1S/C21H28N6O6S/c1-11(25-19(30)15(22)9-34)18(29)26-16(7-13-8-23-10-24-13)20(31)27-17(21(32)33)6-12-2-4-14(28)5-3-12/h2-5,8,10-11,15-17,28,34H,6-7,9,22H2,1H3,(H,23,24)(H,25,30)(H,26,29)(H,27,31)(H,32,33). The molecule has 2 aromatic rings. The van der Waals surface area contributed by atoms with E-state index in [1.54, 1.807) is 12.1 Å². The largest absolute Gasteiger partial charge is 0.508 e. The first kappa shape index (κ1) is 26.7. The van der Waals surface area contributed by atoms with Crippen LogP contribution in [-0.4, -0.2) is 73.8 Å². The number of aromatic amines is 1. The quantitative estimate of drug-likeness (QED) is 0.167. The third kappa shape index (κ3) is 8.08. The maximum absolute atomic E-state index is 13.0. The number of hydrogen-bond donors (Lipinski definition) is 8. The Morgan fingerprint density at radius 3 is 2.24 bits per heavy atom. The van der Waals surface area contributed by atoms with Crippen LogP contribution >= 0.6 is 12.6 Å². The SMILES string of the molecule is CC(NC(=O)C(N)CS)C(=O)NC(Cc1cnc[nH]1)C(=O)NC(Cc1ccc(O)cc1)C(=O)O. The number of amides is 3. The number of carbonyl (C=O) groups is 4. The van der Waals surface area contributed by atoms with Crippen LogP contribution in [0.5, 0.6) is 5.75 Å². The van der Waals surface area contributed by atoms with Crippen molar-refractivity contribution in [3.8, 4) is 5.75 Å². The van der Waals surface area contributed by atoms with Gasteiger partial charge >= 0.3 is 5.97 Å². The second-order valence-corrected chi connectivity index (χ2v) is 8.00. The van der Waals surface area contributed by atoms with E-state index < -0.39 is 47.9 Å². The third-order valence-electron chi connectivity index (χ3n) is 4.89. The fourth-order valence-electron chi connectivity index (χ4n) is 2.93. The summed E-state index contributed by atoms with van der Waals surface area (Å²) >= 11 is 3.94. The molecule has 0 aliphatic rings. The Labute approximate surface area is 201 Å². The van der Waals surface area contributed by atoms with Crippen molar-refractivity contribution in [3.63, 3.8) is 0 Å². The van der Waals surface area contributed by atoms with Gasteiger partial charge in [0.25, 0.3) is 0 Å². The number of rotatable bonds is 12. The number of carboxylic acids is 1. The van der Waals surface area contributed by atoms with Crippen LogP contribution in [0.1, 0.15) is 18.2 Å². The van der Waals surface area contributed by atoms with E-state index in [-0.39, 0.29) is 24.3 Å². The highest BCUT2D eigenvalue weighted by Crippen LogP contribution is 2.12. The van der Waals surface area contributed by atoms with Crippen molar-refractivity contribution < 1.29 is 29.4 Å². The molecule has 0 saturated heterocycles. The van der Waals surface area contributed by atoms with Crippen LogP contribution in [0, 0.1) is 0 Å². The van der Waals surface area contributed by atoms with E-state index in [0.29, 0.717) is 11.3 Å². The molecule has 12 nitrogen and oxygen atoms in total. The normalized spacial score (nSPS) is 14.3. The molecule has 4 unspecified atom stereocenters. The number of benzene rings is 1. The molecule has 13 heteroatoms. The van der Waals surface area contributed by atoms with Crippen molar-refractivity contribution in [2.75, 3.05) is 5.75 Å². The van der Waals surface area contributed by atoms with Crippen molar-refractivity contribution in [2.24, 2.45) is 5.73 Å². The van der Waals surface area contributed by atoms with Gasteiger partial charge in [0.15, 0.2) is 0 Å². The molecule has 2 rings (SSSR count). The molecule has 3 amide bonds. The van der Waals surface area contributed by atoms with Crippen LogP contribution in [0.3, 0.4) is 0 Å². The minimum absolute atomic E-state index is 0.0000575. The van der Waals surface area contributed by atoms with Gasteiger partial charge in [-0.2, -0.15) is 12.6 Å². The zero-order valence-corrected chi connectivity index (χ0v) is 19.3. The lowest BCUT2D eigenvalue weighted by Crippen LogP contribution is -2.57. The van der Waals surface area contributed by atoms with Crippen molar-refractivity contribution in [2.45, 2.75) is 43.9 Å². The van der Waals surface area contributed by atoms with Crippen molar-refractivity contribution in [1.82, 2.24) is 25.9 Å². The van der Waals surface area contributed by atoms with E-state index in [1.165, 1.54) is 31.6 Å². The average molecular weight is 493 g/mol. The number of nitrogens with one attached hydrogen (secondary N) is 4. The number of imidazole rings is 1. The number of nitrogens with two attached hydrogens (primary N) is 1. The highest BCUT2D eigenvalue weighted by molar-refractivity contribution is 7.80. The molecule has 0 aliphatic carbocycles. The van der Waals surface area contributed by atoms with Gasteiger partial charge in [-0.15, -0.1) is 0 Å². The predicted molar refractivity (Wildman–Crippen MR) is 125 cm³/mol. The van der Waals surface area contributed by atoms with Gasteiger partial charge in [0.2, 0.25) is 17.7 Å². The second-order valence-electron chi connectivity index (χ2n) is 7.63. The summed E-state index contributed by atoms with van der Waals surface area (Å²) in [6.07, 6.45) is 2.83. The smallest absolute Gasteiger partial charge is 0.326 e. The fourth-order valence-corrected chi connectivity index (χ4v) is 3.10. The summed E-state index contributed by atoms with van der Waals surface area (Å²) in [6, 6.07) is 1.54. The van der Waals surface area contributed by atoms with E-state index in [1.807, 2.05) is 0 Å². The van der Waals surface area contributed by atoms with Crippen LogP contribution in [0.2, 0.25) is 0 Å². The monoisotopic (exact) mass is 492 g/mol. The Kier molecular flexibility index (Phi) is 9.89. The molecular weight excluding hydrogens is 464 g/mol. The molecule has 0 spiro atoms. The number of carboxylic acid groups (broad SMARTS) is 1. The molecule has 0 fully saturated rings. The number of aromatic hydroxyl groups is 1. The lowest BCUT2D eigenvalue weighted by Gasteiger charge is -2.23. The number of carbonyl (C=O) groups excluding carboxylic acids is 3. The van der Waals surface area contributed by atoms with E-state index in [0.717, 1.165) is 0 Å². The first-order chi connectivity index (χ1) is 16.1. The van der Waals surface area contributed by atoms with Gasteiger partial charge in [-0.3, -0.25) is 14.4 Å². The molecule has 0 bridgehead atoms. The summed E-state index contributed by atoms with van der Waals surface area (Å²) in [5, 5.41) is 26.4. The topological polar surface area (TPSA) is 200 Å². The van der Waals surface area contributed by atoms with E-state index in [2.05, 4.69) is 38.5 Å². The number of thiol groups is 1. The minimum atomic E-state index is -1.29. The Morgan fingerprint density at radius 2 is 1.68 bits per heavy atom. The average Bonchev–Trinajstić information content (AvgIpc) is 3.31. The Balaban J connectivity index is 2.12. The molecule has 1 aromatic heterocycles. The van der Waals surface area contributed by atoms with Gasteiger partial charge in [0, 0.05) is 30.5 Å². The Morgan fingerprint density at radius 1 is 1.03 bits per heavy atom. The molecule has 1 heterocycles. The summed E-state index contributed by atoms with van der Waals surface area (Å²) in [5.41, 5.74) is 6.70. The first-order valence-electron chi connectivity index (χ1n) is 10.4. The number of hydrogen-bond acceptors (Lipinski definition) is 8. The molecule has 8 N–H and O–H groups in total. The summed E-state index contributed by atoms with van der Waals surface area (Å²) < 4.78 is 0. The highest BCUT2D eigenvalue weighted by Gasteiger charge is 2.29. The second kappa shape index (κ2) is 12.6. The third-order valence-corrected chi connectivity index (χ3v) is 5.28. The van der Waals surface area contributed by atoms with Gasteiger partial charge in [0.05, 0.1) is 12.4 Å². The van der Waals surface area contributed by atoms with Crippen molar-refractivity contribution in [1.29, 1.82) is 0 Å². The fraction of sp³-hybridized carbons (Fsp3) is 0.381. The molecular formula is C21H28N6O6S. The number of aliphatic carboxylic acids is 1. The van der Waals surface area contributed by atoms with E-state index >= 15 is 0 Å². The maximum atomic E-state index is 13.0. The summed E-state index contributed by atoms with van der Waals surface area (Å²) in [4.78, 5) is 56.0. The molecule has 4 atom stereocenters. The van der Waals surface area contributed by atoms with Gasteiger partial charge in [0.1, 0.15) is 23.9 Å². The molecule has 184 valence electrons. The summed E-state index contributed by atoms with van der Waals surface area (Å²) in [5.74, 6) is -3.13. The first-order valence-corrected chi connectivity index (χ1v) is 11.0. The van der Waals surface area contributed by atoms with Crippen molar-refractivity contribution in [3.05, 3.63) is 48.0 Å². The summed E-state index contributed by atoms with van der Waals surface area (Å²) in [6.45, 7) is 1.43. The Hall–Kier alpha value is -3.58. The van der Waals surface area contributed by atoms with Crippen LogP contribution in [0.15, 0.2) is 36.8 Å². The van der Waals surface area contributed by atoms with Crippen molar-refractivity contribution >= 4 is 36.3 Å². The lowest BCUT2D eigenvalue weighted by molar-refractivity contribution is -0.142. The molecule has 0 radical (unpaired) electrons. The van der Waals surface area contributed by atoms with Crippen LogP contribution in [0.25, 0.3) is 0 Å². The minimum Gasteiger partial charge on any atom is -0.508 e. The maximum Gasteiger partial charge on any atom is 0.326 e. The van der Waals surface area contributed by atoms with Gasteiger partial charge in [-0.05, 0) is 24.6 Å². The molecule has 0 aliphatic heterocycles. The zero-order valence-electron chi connectivity index (χ0n) is 18.4. The van der Waals surface area contributed by atoms with E-state index in [9.17, 15) is 29.4 Å². The van der Waals surface area contributed by atoms with Crippen LogP contribution in [-0.2, 0) is 32.0 Å². The summed E-state index contributed by atoms with van der Waals surface area (Å²) in [7, 11) is 0. The van der Waals surface area contributed by atoms with Gasteiger partial charge < -0.3 is 36.9 Å². The predicted octanol–water partition coefficient (Wildman–Crippen LogP) is -1.28. The number of aromatic nitrogens is 2. The molecule has 34 heavy (non-hydrogen) atoms. The number of nitrogens with zero attached hydrogens (tertiary/aromatic N) is 1. The lowest BCUT2D eigenvalue weighted by atomic mass is 10.0. The van der Waals surface area contributed by atoms with Gasteiger partial charge in [-0.25, -0.2) is 9.78 Å². The molecule has 0 saturated carbocycles. The number of phenolic OH excluding ortho intramolecular Hbond substituents is 1. The van der Waals surface area contributed by atoms with E-state index in [4.69, 9.17) is 5.73 Å². The van der Waals surface area contributed by atoms with Crippen LogP contribution in [0.4, 0.5) is 0 Å². The van der Waals surface area contributed by atoms with Gasteiger partial charge in [-0.1, -0.05) is 12.1 Å². The number of phenols is 1. The van der Waals surface area contributed by atoms with Crippen LogP contribution < -0.4 is 21.7 Å². The Bertz CT molecular complexity index is 984. The highest BCUT2D eigenvalue weighted by atomic mass is 32.1. The molecule has 1 aromatic carbocycles. The zero-order chi connectivity index (χ0) is 25.3. The number of H-pyrrole nitrogens is 1.